The Labute approximate surface area is 245 Å². The molecule has 4 aromatic rings. The van der Waals surface area contributed by atoms with Crippen LogP contribution in [0.25, 0.3) is 11.0 Å². The summed E-state index contributed by atoms with van der Waals surface area (Å²) in [5.74, 6) is 0.171. The average Bonchev–Trinajstić information content (AvgIpc) is 3.47. The van der Waals surface area contributed by atoms with Crippen molar-refractivity contribution < 1.29 is 18.7 Å². The first-order valence-corrected chi connectivity index (χ1v) is 14.3. The molecule has 1 aliphatic rings. The molecule has 0 N–H and O–H groups in total. The molecule has 1 aromatic carbocycles. The van der Waals surface area contributed by atoms with Crippen LogP contribution in [0.5, 0.6) is 5.75 Å². The van der Waals surface area contributed by atoms with E-state index >= 15 is 0 Å². The Morgan fingerprint density at radius 2 is 1.86 bits per heavy atom. The summed E-state index contributed by atoms with van der Waals surface area (Å²) in [5.41, 5.74) is 1.81. The van der Waals surface area contributed by atoms with E-state index in [0.29, 0.717) is 60.9 Å². The fourth-order valence-corrected chi connectivity index (χ4v) is 5.40. The third-order valence-electron chi connectivity index (χ3n) is 7.80. The van der Waals surface area contributed by atoms with Crippen LogP contribution in [0.3, 0.4) is 0 Å². The van der Waals surface area contributed by atoms with Gasteiger partial charge in [0.25, 0.3) is 5.56 Å². The lowest BCUT2D eigenvalue weighted by Gasteiger charge is -2.27. The Kier molecular flexibility index (Phi) is 8.44. The van der Waals surface area contributed by atoms with E-state index in [-0.39, 0.29) is 17.4 Å². The number of amides is 2. The third-order valence-corrected chi connectivity index (χ3v) is 7.80. The van der Waals surface area contributed by atoms with E-state index in [4.69, 9.17) is 9.15 Å². The zero-order valence-electron chi connectivity index (χ0n) is 24.6. The topological polar surface area (TPSA) is 101 Å². The molecule has 42 heavy (non-hydrogen) atoms. The summed E-state index contributed by atoms with van der Waals surface area (Å²) in [5, 5.41) is 0.577. The van der Waals surface area contributed by atoms with Crippen LogP contribution in [-0.2, 0) is 22.7 Å². The maximum absolute atomic E-state index is 13.1. The lowest BCUT2D eigenvalue weighted by molar-refractivity contribution is -0.137. The van der Waals surface area contributed by atoms with Crippen molar-refractivity contribution >= 4 is 34.2 Å². The maximum Gasteiger partial charge on any atom is 0.261 e. The molecule has 0 bridgehead atoms. The van der Waals surface area contributed by atoms with E-state index in [1.807, 2.05) is 49.5 Å². The van der Waals surface area contributed by atoms with Gasteiger partial charge in [-0.3, -0.25) is 24.3 Å². The van der Waals surface area contributed by atoms with Gasteiger partial charge in [-0.15, -0.1) is 0 Å². The molecule has 0 unspecified atom stereocenters. The molecule has 10 heteroatoms. The minimum Gasteiger partial charge on any atom is -0.493 e. The monoisotopic (exact) mass is 571 g/mol. The molecule has 4 heterocycles. The zero-order valence-corrected chi connectivity index (χ0v) is 24.6. The van der Waals surface area contributed by atoms with Crippen molar-refractivity contribution in [3.05, 3.63) is 83.2 Å². The maximum atomic E-state index is 13.1. The van der Waals surface area contributed by atoms with Crippen molar-refractivity contribution in [2.75, 3.05) is 43.1 Å². The highest BCUT2D eigenvalue weighted by molar-refractivity contribution is 6.20. The van der Waals surface area contributed by atoms with Gasteiger partial charge in [-0.2, -0.15) is 0 Å². The van der Waals surface area contributed by atoms with Crippen molar-refractivity contribution in [2.45, 2.75) is 40.3 Å². The predicted molar refractivity (Wildman–Crippen MR) is 162 cm³/mol. The van der Waals surface area contributed by atoms with Gasteiger partial charge in [0, 0.05) is 64.4 Å². The average molecular weight is 572 g/mol. The lowest BCUT2D eigenvalue weighted by Crippen LogP contribution is -2.47. The Hall–Kier alpha value is -4.44. The smallest absolute Gasteiger partial charge is 0.261 e. The highest BCUT2D eigenvalue weighted by Crippen LogP contribution is 2.40. The summed E-state index contributed by atoms with van der Waals surface area (Å²) in [4.78, 5) is 48.8. The predicted octanol–water partition coefficient (Wildman–Crippen LogP) is 4.32. The molecule has 0 spiro atoms. The van der Waals surface area contributed by atoms with Crippen LogP contribution in [0.15, 0.2) is 76.5 Å². The van der Waals surface area contributed by atoms with Crippen LogP contribution < -0.4 is 20.1 Å². The highest BCUT2D eigenvalue weighted by atomic mass is 16.5. The summed E-state index contributed by atoms with van der Waals surface area (Å²) in [6.45, 7) is 8.81. The van der Waals surface area contributed by atoms with Crippen LogP contribution in [0.2, 0.25) is 0 Å². The summed E-state index contributed by atoms with van der Waals surface area (Å²) < 4.78 is 13.2. The second kappa shape index (κ2) is 12.2. The molecule has 0 atom stereocenters. The summed E-state index contributed by atoms with van der Waals surface area (Å²) >= 11 is 0. The third kappa shape index (κ3) is 5.80. The Morgan fingerprint density at radius 1 is 1.02 bits per heavy atom. The summed E-state index contributed by atoms with van der Waals surface area (Å²) in [6, 6.07) is 13.0. The van der Waals surface area contributed by atoms with Gasteiger partial charge < -0.3 is 23.5 Å². The molecule has 3 aromatic heterocycles. The Morgan fingerprint density at radius 3 is 2.62 bits per heavy atom. The van der Waals surface area contributed by atoms with Gasteiger partial charge in [0.2, 0.25) is 11.8 Å². The Balaban J connectivity index is 1.25. The molecule has 0 aliphatic carbocycles. The van der Waals surface area contributed by atoms with Crippen molar-refractivity contribution in [3.63, 3.8) is 0 Å². The molecule has 1 aliphatic heterocycles. The molecule has 0 fully saturated rings. The van der Waals surface area contributed by atoms with Crippen molar-refractivity contribution in [1.29, 1.82) is 0 Å². The highest BCUT2D eigenvalue weighted by Gasteiger charge is 2.45. The number of carbonyl (C=O) groups is 2. The minimum absolute atomic E-state index is 0.0655. The molecule has 0 saturated carbocycles. The second-order valence-electron chi connectivity index (χ2n) is 11.0. The minimum atomic E-state index is -1.15. The number of hydrogen-bond donors (Lipinski definition) is 0. The zero-order chi connectivity index (χ0) is 29.9. The first-order valence-electron chi connectivity index (χ1n) is 14.3. The fraction of sp³-hybridized carbons (Fsp3) is 0.375. The van der Waals surface area contributed by atoms with Crippen LogP contribution in [-0.4, -0.2) is 59.6 Å². The van der Waals surface area contributed by atoms with Gasteiger partial charge in [-0.1, -0.05) is 6.07 Å². The van der Waals surface area contributed by atoms with E-state index in [1.165, 1.54) is 6.26 Å². The first kappa shape index (κ1) is 29.1. The number of furan rings is 1. The number of rotatable bonds is 11. The quantitative estimate of drug-likeness (QED) is 0.195. The van der Waals surface area contributed by atoms with E-state index in [0.717, 1.165) is 18.5 Å². The van der Waals surface area contributed by atoms with Gasteiger partial charge in [0.05, 0.1) is 29.6 Å². The SMILES string of the molecule is CCN1C(=O)C(C)(C)C(=O)N(C)c2cc(OCCCN(CCn3ccc4occc4c3=O)Cc3cccnc3)ccc21. The van der Waals surface area contributed by atoms with E-state index in [2.05, 4.69) is 9.88 Å². The molecule has 2 amide bonds. The second-order valence-corrected chi connectivity index (χ2v) is 11.0. The van der Waals surface area contributed by atoms with Crippen molar-refractivity contribution in [3.8, 4) is 5.75 Å². The van der Waals surface area contributed by atoms with Crippen molar-refractivity contribution in [1.82, 2.24) is 14.5 Å². The molecule has 0 radical (unpaired) electrons. The number of benzene rings is 1. The number of nitrogens with zero attached hydrogens (tertiary/aromatic N) is 5. The van der Waals surface area contributed by atoms with E-state index < -0.39 is 5.41 Å². The van der Waals surface area contributed by atoms with Crippen LogP contribution in [0.4, 0.5) is 11.4 Å². The first-order chi connectivity index (χ1) is 20.2. The van der Waals surface area contributed by atoms with E-state index in [1.54, 1.807) is 53.7 Å². The molecule has 5 rings (SSSR count). The number of fused-ring (bicyclic) bond motifs is 2. The fourth-order valence-electron chi connectivity index (χ4n) is 5.40. The van der Waals surface area contributed by atoms with Gasteiger partial charge in [-0.25, -0.2) is 0 Å². The van der Waals surface area contributed by atoms with Gasteiger partial charge in [-0.05, 0) is 63.1 Å². The van der Waals surface area contributed by atoms with Crippen LogP contribution in [0, 0.1) is 5.41 Å². The number of anilines is 2. The number of ether oxygens (including phenoxy) is 1. The summed E-state index contributed by atoms with van der Waals surface area (Å²) in [7, 11) is 1.70. The number of pyridine rings is 2. The van der Waals surface area contributed by atoms with Crippen LogP contribution in [0.1, 0.15) is 32.8 Å². The molecular formula is C32H37N5O5. The molecule has 220 valence electrons. The largest absolute Gasteiger partial charge is 0.493 e. The lowest BCUT2D eigenvalue weighted by atomic mass is 9.90. The van der Waals surface area contributed by atoms with Crippen molar-refractivity contribution in [2.24, 2.45) is 5.41 Å². The normalized spacial score (nSPS) is 14.9. The number of carbonyl (C=O) groups excluding carboxylic acids is 2. The molecular weight excluding hydrogens is 534 g/mol. The van der Waals surface area contributed by atoms with Crippen LogP contribution >= 0.6 is 0 Å². The molecule has 0 saturated heterocycles. The molecule has 10 nitrogen and oxygen atoms in total. The van der Waals surface area contributed by atoms with Gasteiger partial charge in [0.1, 0.15) is 16.7 Å². The number of aromatic nitrogens is 2. The van der Waals surface area contributed by atoms with Gasteiger partial charge in [0.15, 0.2) is 0 Å². The van der Waals surface area contributed by atoms with E-state index in [9.17, 15) is 14.4 Å². The summed E-state index contributed by atoms with van der Waals surface area (Å²) in [6.07, 6.45) is 7.66. The Bertz CT molecular complexity index is 1630. The number of hydrogen-bond acceptors (Lipinski definition) is 7. The standard InChI is InChI=1S/C32H37N5O5/c1-5-37-26-10-9-24(20-27(26)34(4)30(39)32(2,3)31(37)40)41-18-7-14-35(22-23-8-6-13-33-21-23)16-17-36-15-11-28-25(29(36)38)12-19-42-28/h6,8-13,15,19-21H,5,7,14,16-18,22H2,1-4H3. The van der Waals surface area contributed by atoms with Gasteiger partial charge >= 0.3 is 0 Å².